The molecule has 0 atom stereocenters. The Hall–Kier alpha value is -2.34. The summed E-state index contributed by atoms with van der Waals surface area (Å²) in [5.41, 5.74) is 1.82. The lowest BCUT2D eigenvalue weighted by Crippen LogP contribution is -2.28. The van der Waals surface area contributed by atoms with Crippen LogP contribution in [0.25, 0.3) is 0 Å². The van der Waals surface area contributed by atoms with E-state index in [0.717, 1.165) is 44.2 Å². The van der Waals surface area contributed by atoms with Crippen molar-refractivity contribution in [3.05, 3.63) is 46.5 Å². The summed E-state index contributed by atoms with van der Waals surface area (Å²) in [6.45, 7) is 3.47. The van der Waals surface area contributed by atoms with Crippen molar-refractivity contribution in [2.75, 3.05) is 11.9 Å². The molecule has 0 radical (unpaired) electrons. The van der Waals surface area contributed by atoms with Gasteiger partial charge in [0, 0.05) is 23.8 Å². The Morgan fingerprint density at radius 2 is 1.93 bits per heavy atom. The van der Waals surface area contributed by atoms with Crippen LogP contribution in [0.1, 0.15) is 65.8 Å². The number of aromatic nitrogens is 2. The zero-order chi connectivity index (χ0) is 19.2. The zero-order valence-electron chi connectivity index (χ0n) is 15.6. The predicted molar refractivity (Wildman–Crippen MR) is 106 cm³/mol. The Bertz CT molecular complexity index is 814. The van der Waals surface area contributed by atoms with Gasteiger partial charge in [-0.15, -0.1) is 0 Å². The van der Waals surface area contributed by atoms with Gasteiger partial charge in [-0.25, -0.2) is 4.98 Å². The average molecular weight is 389 g/mol. The predicted octanol–water partition coefficient (Wildman–Crippen LogP) is 4.05. The Kier molecular flexibility index (Phi) is 6.50. The largest absolute Gasteiger partial charge is 0.349 e. The van der Waals surface area contributed by atoms with E-state index in [2.05, 4.69) is 22.5 Å². The third kappa shape index (κ3) is 4.69. The highest BCUT2D eigenvalue weighted by molar-refractivity contribution is 6.30. The number of anilines is 1. The molecule has 0 fully saturated rings. The summed E-state index contributed by atoms with van der Waals surface area (Å²) in [4.78, 5) is 29.7. The van der Waals surface area contributed by atoms with Gasteiger partial charge < -0.3 is 15.2 Å². The van der Waals surface area contributed by atoms with Gasteiger partial charge in [0.1, 0.15) is 0 Å². The Morgan fingerprint density at radius 3 is 2.67 bits per heavy atom. The van der Waals surface area contributed by atoms with Crippen molar-refractivity contribution in [3.8, 4) is 0 Å². The number of imidazole rings is 1. The van der Waals surface area contributed by atoms with Gasteiger partial charge in [0.2, 0.25) is 0 Å². The van der Waals surface area contributed by atoms with E-state index in [4.69, 9.17) is 11.6 Å². The van der Waals surface area contributed by atoms with E-state index in [1.54, 1.807) is 24.3 Å². The maximum absolute atomic E-state index is 12.8. The SMILES string of the molecule is CCCCCNC(=O)c1nc(C(=O)Nc2ccc(Cl)cc2)c2n1CCCC2. The lowest BCUT2D eigenvalue weighted by atomic mass is 10.1. The van der Waals surface area contributed by atoms with E-state index in [0.29, 0.717) is 35.3 Å². The number of benzene rings is 1. The molecule has 2 heterocycles. The van der Waals surface area contributed by atoms with Gasteiger partial charge in [0.25, 0.3) is 11.8 Å². The van der Waals surface area contributed by atoms with Crippen LogP contribution in [0.2, 0.25) is 5.02 Å². The number of nitrogens with zero attached hydrogens (tertiary/aromatic N) is 2. The average Bonchev–Trinajstić information content (AvgIpc) is 3.07. The number of unbranched alkanes of at least 4 members (excludes halogenated alkanes) is 2. The molecule has 0 aliphatic carbocycles. The van der Waals surface area contributed by atoms with Crippen molar-refractivity contribution in [3.63, 3.8) is 0 Å². The Morgan fingerprint density at radius 1 is 1.15 bits per heavy atom. The molecular weight excluding hydrogens is 364 g/mol. The molecule has 2 N–H and O–H groups in total. The minimum atomic E-state index is -0.298. The van der Waals surface area contributed by atoms with Crippen LogP contribution in [0.3, 0.4) is 0 Å². The molecule has 2 aromatic rings. The molecule has 27 heavy (non-hydrogen) atoms. The third-order valence-corrected chi connectivity index (χ3v) is 4.96. The second kappa shape index (κ2) is 9.04. The van der Waals surface area contributed by atoms with Crippen molar-refractivity contribution < 1.29 is 9.59 Å². The first-order chi connectivity index (χ1) is 13.1. The molecule has 0 spiro atoms. The van der Waals surface area contributed by atoms with E-state index in [1.165, 1.54) is 0 Å². The number of fused-ring (bicyclic) bond motifs is 1. The van der Waals surface area contributed by atoms with E-state index in [-0.39, 0.29) is 11.8 Å². The molecule has 0 unspecified atom stereocenters. The van der Waals surface area contributed by atoms with Crippen LogP contribution >= 0.6 is 11.6 Å². The summed E-state index contributed by atoms with van der Waals surface area (Å²) in [6.07, 6.45) is 5.85. The summed E-state index contributed by atoms with van der Waals surface area (Å²) in [7, 11) is 0. The van der Waals surface area contributed by atoms with E-state index in [9.17, 15) is 9.59 Å². The van der Waals surface area contributed by atoms with E-state index < -0.39 is 0 Å². The van der Waals surface area contributed by atoms with Crippen LogP contribution < -0.4 is 10.6 Å². The maximum atomic E-state index is 12.8. The molecule has 0 bridgehead atoms. The normalized spacial score (nSPS) is 13.1. The van der Waals surface area contributed by atoms with Gasteiger partial charge >= 0.3 is 0 Å². The summed E-state index contributed by atoms with van der Waals surface area (Å²) < 4.78 is 1.90. The molecule has 144 valence electrons. The molecule has 2 amide bonds. The molecule has 1 aromatic carbocycles. The van der Waals surface area contributed by atoms with Crippen molar-refractivity contribution >= 4 is 29.1 Å². The van der Waals surface area contributed by atoms with E-state index >= 15 is 0 Å². The molecule has 1 aliphatic rings. The summed E-state index contributed by atoms with van der Waals surface area (Å²) in [6, 6.07) is 6.91. The molecule has 1 aromatic heterocycles. The summed E-state index contributed by atoms with van der Waals surface area (Å²) in [5, 5.41) is 6.37. The highest BCUT2D eigenvalue weighted by Crippen LogP contribution is 2.22. The van der Waals surface area contributed by atoms with Gasteiger partial charge in [-0.1, -0.05) is 31.4 Å². The third-order valence-electron chi connectivity index (χ3n) is 4.70. The van der Waals surface area contributed by atoms with Crippen molar-refractivity contribution in [1.29, 1.82) is 0 Å². The molecule has 6 nitrogen and oxygen atoms in total. The molecule has 0 saturated carbocycles. The lowest BCUT2D eigenvalue weighted by molar-refractivity contribution is 0.0937. The molecule has 1 aliphatic heterocycles. The number of halogens is 1. The van der Waals surface area contributed by atoms with Gasteiger partial charge in [-0.2, -0.15) is 0 Å². The topological polar surface area (TPSA) is 76.0 Å². The van der Waals surface area contributed by atoms with Crippen molar-refractivity contribution in [2.45, 2.75) is 52.0 Å². The van der Waals surface area contributed by atoms with Crippen molar-refractivity contribution in [1.82, 2.24) is 14.9 Å². The second-order valence-corrected chi connectivity index (χ2v) is 7.20. The van der Waals surface area contributed by atoms with Crippen LogP contribution in [0.15, 0.2) is 24.3 Å². The van der Waals surface area contributed by atoms with Gasteiger partial charge in [0.15, 0.2) is 11.5 Å². The first kappa shape index (κ1) is 19.4. The minimum absolute atomic E-state index is 0.209. The van der Waals surface area contributed by atoms with Crippen LogP contribution in [-0.2, 0) is 13.0 Å². The van der Waals surface area contributed by atoms with Gasteiger partial charge in [-0.05, 0) is 49.9 Å². The highest BCUT2D eigenvalue weighted by Gasteiger charge is 2.27. The summed E-state index contributed by atoms with van der Waals surface area (Å²) >= 11 is 5.89. The molecule has 0 saturated heterocycles. The van der Waals surface area contributed by atoms with Crippen LogP contribution in [-0.4, -0.2) is 27.9 Å². The number of rotatable bonds is 7. The smallest absolute Gasteiger partial charge is 0.287 e. The number of hydrogen-bond acceptors (Lipinski definition) is 3. The fraction of sp³-hybridized carbons (Fsp3) is 0.450. The standard InChI is InChI=1S/C20H25ClN4O2/c1-2-3-5-12-22-20(27)18-24-17(16-7-4-6-13-25(16)18)19(26)23-15-10-8-14(21)9-11-15/h8-11H,2-7,12-13H2,1H3,(H,22,27)(H,23,26). The Labute approximate surface area is 164 Å². The second-order valence-electron chi connectivity index (χ2n) is 6.76. The number of carbonyl (C=O) groups excluding carboxylic acids is 2. The lowest BCUT2D eigenvalue weighted by Gasteiger charge is -2.17. The van der Waals surface area contributed by atoms with Crippen LogP contribution in [0.5, 0.6) is 0 Å². The monoisotopic (exact) mass is 388 g/mol. The number of hydrogen-bond donors (Lipinski definition) is 2. The van der Waals surface area contributed by atoms with E-state index in [1.807, 2.05) is 4.57 Å². The molecule has 3 rings (SSSR count). The minimum Gasteiger partial charge on any atom is -0.349 e. The number of nitrogens with one attached hydrogen (secondary N) is 2. The van der Waals surface area contributed by atoms with Crippen molar-refractivity contribution in [2.24, 2.45) is 0 Å². The number of carbonyl (C=O) groups is 2. The van der Waals surface area contributed by atoms with Crippen LogP contribution in [0.4, 0.5) is 5.69 Å². The van der Waals surface area contributed by atoms with Gasteiger partial charge in [0.05, 0.1) is 5.69 Å². The highest BCUT2D eigenvalue weighted by atomic mass is 35.5. The fourth-order valence-electron chi connectivity index (χ4n) is 3.28. The molecular formula is C20H25ClN4O2. The Balaban J connectivity index is 1.78. The summed E-state index contributed by atoms with van der Waals surface area (Å²) in [5.74, 6) is -0.171. The first-order valence-corrected chi connectivity index (χ1v) is 9.92. The zero-order valence-corrected chi connectivity index (χ0v) is 16.3. The maximum Gasteiger partial charge on any atom is 0.287 e. The van der Waals surface area contributed by atoms with Crippen LogP contribution in [0, 0.1) is 0 Å². The molecule has 7 heteroatoms. The fourth-order valence-corrected chi connectivity index (χ4v) is 3.40. The first-order valence-electron chi connectivity index (χ1n) is 9.54. The quantitative estimate of drug-likeness (QED) is 0.702. The van der Waals surface area contributed by atoms with Gasteiger partial charge in [-0.3, -0.25) is 9.59 Å². The number of amides is 2.